The molecule has 0 aliphatic carbocycles. The van der Waals surface area contributed by atoms with E-state index in [0.717, 1.165) is 35.4 Å². The molecule has 3 heterocycles. The molecule has 0 amide bonds. The summed E-state index contributed by atoms with van der Waals surface area (Å²) in [5.41, 5.74) is 2.49. The molecule has 1 saturated heterocycles. The summed E-state index contributed by atoms with van der Waals surface area (Å²) in [5, 5.41) is 9.86. The van der Waals surface area contributed by atoms with E-state index in [2.05, 4.69) is 31.8 Å². The molecule has 5 rings (SSSR count). The highest BCUT2D eigenvalue weighted by atomic mass is 32.2. The summed E-state index contributed by atoms with van der Waals surface area (Å²) in [6, 6.07) is 17.7. The first-order chi connectivity index (χ1) is 14.8. The van der Waals surface area contributed by atoms with Crippen LogP contribution in [-0.2, 0) is 6.54 Å². The number of anilines is 1. The van der Waals surface area contributed by atoms with Crippen molar-refractivity contribution in [3.63, 3.8) is 0 Å². The number of benzene rings is 2. The largest absolute Gasteiger partial charge is 0.419 e. The maximum absolute atomic E-state index is 12.2. The van der Waals surface area contributed by atoms with Crippen molar-refractivity contribution in [2.75, 3.05) is 23.7 Å². The highest BCUT2D eigenvalue weighted by Gasteiger charge is 2.21. The van der Waals surface area contributed by atoms with Crippen molar-refractivity contribution in [1.82, 2.24) is 19.3 Å². The molecule has 1 aliphatic heterocycles. The fraction of sp³-hybridized carbons (Fsp3) is 0.318. The second-order valence-electron chi connectivity index (χ2n) is 7.34. The Kier molecular flexibility index (Phi) is 5.31. The Bertz CT molecular complexity index is 1190. The number of rotatable bonds is 6. The van der Waals surface area contributed by atoms with Crippen LogP contribution < -0.4 is 10.7 Å². The number of piperidine rings is 1. The molecule has 8 heteroatoms. The van der Waals surface area contributed by atoms with Crippen LogP contribution in [0.1, 0.15) is 19.3 Å². The minimum Gasteiger partial charge on any atom is -0.408 e. The van der Waals surface area contributed by atoms with Crippen molar-refractivity contribution in [2.24, 2.45) is 0 Å². The Labute approximate surface area is 178 Å². The van der Waals surface area contributed by atoms with Crippen molar-refractivity contribution in [2.45, 2.75) is 31.0 Å². The minimum atomic E-state index is -0.324. The van der Waals surface area contributed by atoms with Gasteiger partial charge in [0.2, 0.25) is 5.95 Å². The molecule has 2 aromatic carbocycles. The highest BCUT2D eigenvalue weighted by Crippen LogP contribution is 2.28. The molecule has 0 spiro atoms. The van der Waals surface area contributed by atoms with Crippen molar-refractivity contribution in [1.29, 1.82) is 0 Å². The first-order valence-electron chi connectivity index (χ1n) is 10.3. The highest BCUT2D eigenvalue weighted by molar-refractivity contribution is 7.99. The molecule has 0 saturated carbocycles. The molecule has 0 unspecified atom stereocenters. The molecule has 4 aromatic rings. The van der Waals surface area contributed by atoms with Crippen LogP contribution in [0.4, 0.5) is 5.95 Å². The molecule has 0 bridgehead atoms. The number of aromatic nitrogens is 4. The van der Waals surface area contributed by atoms with E-state index in [1.807, 2.05) is 42.5 Å². The van der Waals surface area contributed by atoms with Gasteiger partial charge in [-0.3, -0.25) is 9.13 Å². The number of hydrogen-bond acceptors (Lipinski definition) is 6. The Morgan fingerprint density at radius 2 is 1.70 bits per heavy atom. The second-order valence-corrected chi connectivity index (χ2v) is 8.40. The van der Waals surface area contributed by atoms with Crippen LogP contribution in [0.25, 0.3) is 16.8 Å². The van der Waals surface area contributed by atoms with E-state index < -0.39 is 0 Å². The van der Waals surface area contributed by atoms with Crippen molar-refractivity contribution in [3.05, 3.63) is 65.1 Å². The van der Waals surface area contributed by atoms with E-state index in [1.54, 1.807) is 16.3 Å². The molecular weight excluding hydrogens is 398 g/mol. The SMILES string of the molecule is O=c1oc2ccccc2n1CCSc1nnc(N2CCCCC2)n1-c1ccccc1. The van der Waals surface area contributed by atoms with Gasteiger partial charge in [-0.2, -0.15) is 0 Å². The molecule has 1 fully saturated rings. The van der Waals surface area contributed by atoms with Crippen molar-refractivity contribution in [3.8, 4) is 5.69 Å². The number of oxazole rings is 1. The molecule has 30 heavy (non-hydrogen) atoms. The summed E-state index contributed by atoms with van der Waals surface area (Å²) in [7, 11) is 0. The minimum absolute atomic E-state index is 0.324. The number of nitrogens with zero attached hydrogens (tertiary/aromatic N) is 5. The van der Waals surface area contributed by atoms with Gasteiger partial charge < -0.3 is 9.32 Å². The van der Waals surface area contributed by atoms with Gasteiger partial charge in [-0.15, -0.1) is 10.2 Å². The smallest absolute Gasteiger partial charge is 0.408 e. The van der Waals surface area contributed by atoms with Crippen LogP contribution in [0.5, 0.6) is 0 Å². The van der Waals surface area contributed by atoms with Crippen molar-refractivity contribution >= 4 is 28.8 Å². The van der Waals surface area contributed by atoms with Gasteiger partial charge in [0.1, 0.15) is 0 Å². The lowest BCUT2D eigenvalue weighted by molar-refractivity contribution is 0.514. The Morgan fingerprint density at radius 3 is 2.53 bits per heavy atom. The molecule has 0 radical (unpaired) electrons. The summed E-state index contributed by atoms with van der Waals surface area (Å²) in [5.74, 6) is 1.26. The first-order valence-corrected chi connectivity index (χ1v) is 11.3. The van der Waals surface area contributed by atoms with Crippen LogP contribution in [0.2, 0.25) is 0 Å². The van der Waals surface area contributed by atoms with E-state index in [9.17, 15) is 4.79 Å². The van der Waals surface area contributed by atoms with Crippen LogP contribution in [0.15, 0.2) is 69.0 Å². The molecular formula is C22H23N5O2S. The Morgan fingerprint density at radius 1 is 0.933 bits per heavy atom. The van der Waals surface area contributed by atoms with Gasteiger partial charge in [-0.25, -0.2) is 4.79 Å². The normalized spacial score (nSPS) is 14.5. The summed E-state index contributed by atoms with van der Waals surface area (Å²) < 4.78 is 9.15. The van der Waals surface area contributed by atoms with Gasteiger partial charge in [0.05, 0.1) is 11.2 Å². The quantitative estimate of drug-likeness (QED) is 0.439. The zero-order valence-corrected chi connectivity index (χ0v) is 17.4. The predicted molar refractivity (Wildman–Crippen MR) is 119 cm³/mol. The number of para-hydroxylation sites is 3. The molecule has 154 valence electrons. The monoisotopic (exact) mass is 421 g/mol. The average Bonchev–Trinajstić information content (AvgIpc) is 3.36. The van der Waals surface area contributed by atoms with Crippen LogP contribution in [0.3, 0.4) is 0 Å². The van der Waals surface area contributed by atoms with Gasteiger partial charge >= 0.3 is 5.76 Å². The molecule has 0 N–H and O–H groups in total. The number of hydrogen-bond donors (Lipinski definition) is 0. The predicted octanol–water partition coefficient (Wildman–Crippen LogP) is 3.96. The molecule has 7 nitrogen and oxygen atoms in total. The van der Waals surface area contributed by atoms with E-state index in [1.165, 1.54) is 19.3 Å². The number of aryl methyl sites for hydroxylation is 1. The maximum Gasteiger partial charge on any atom is 0.419 e. The molecule has 1 aliphatic rings. The van der Waals surface area contributed by atoms with E-state index in [0.29, 0.717) is 17.9 Å². The number of thioether (sulfide) groups is 1. The lowest BCUT2D eigenvalue weighted by atomic mass is 10.1. The Hall–Kier alpha value is -3.00. The zero-order chi connectivity index (χ0) is 20.3. The standard InChI is InChI=1S/C22H23N5O2S/c28-22-26(18-11-5-6-12-19(18)29-22)15-16-30-21-24-23-20(25-13-7-2-8-14-25)27(21)17-9-3-1-4-10-17/h1,3-6,9-12H,2,7-8,13-16H2. The Balaban J connectivity index is 1.41. The average molecular weight is 422 g/mol. The fourth-order valence-corrected chi connectivity index (χ4v) is 4.78. The van der Waals surface area contributed by atoms with Gasteiger partial charge in [-0.05, 0) is 43.5 Å². The van der Waals surface area contributed by atoms with E-state index in [4.69, 9.17) is 4.42 Å². The maximum atomic E-state index is 12.2. The summed E-state index contributed by atoms with van der Waals surface area (Å²) in [4.78, 5) is 14.5. The molecule has 2 aromatic heterocycles. The second kappa shape index (κ2) is 8.39. The van der Waals surface area contributed by atoms with Crippen LogP contribution in [0, 0.1) is 0 Å². The number of fused-ring (bicyclic) bond motifs is 1. The van der Waals surface area contributed by atoms with Gasteiger partial charge in [0.25, 0.3) is 0 Å². The summed E-state index contributed by atoms with van der Waals surface area (Å²) in [6.07, 6.45) is 3.63. The fourth-order valence-electron chi connectivity index (χ4n) is 3.91. The van der Waals surface area contributed by atoms with Gasteiger partial charge in [0, 0.05) is 25.4 Å². The third-order valence-electron chi connectivity index (χ3n) is 5.39. The van der Waals surface area contributed by atoms with Gasteiger partial charge in [0.15, 0.2) is 10.7 Å². The first kappa shape index (κ1) is 19.0. The zero-order valence-electron chi connectivity index (χ0n) is 16.6. The summed E-state index contributed by atoms with van der Waals surface area (Å²) in [6.45, 7) is 2.55. The lowest BCUT2D eigenvalue weighted by Gasteiger charge is -2.27. The van der Waals surface area contributed by atoms with Crippen LogP contribution >= 0.6 is 11.8 Å². The van der Waals surface area contributed by atoms with Gasteiger partial charge in [-0.1, -0.05) is 42.1 Å². The van der Waals surface area contributed by atoms with E-state index >= 15 is 0 Å². The lowest BCUT2D eigenvalue weighted by Crippen LogP contribution is -2.31. The summed E-state index contributed by atoms with van der Waals surface area (Å²) >= 11 is 1.60. The van der Waals surface area contributed by atoms with E-state index in [-0.39, 0.29) is 5.76 Å². The van der Waals surface area contributed by atoms with Crippen molar-refractivity contribution < 1.29 is 4.42 Å². The topological polar surface area (TPSA) is 69.1 Å². The third-order valence-corrected chi connectivity index (χ3v) is 6.30. The van der Waals surface area contributed by atoms with Crippen LogP contribution in [-0.4, -0.2) is 38.2 Å². The third kappa shape index (κ3) is 3.63. The molecule has 0 atom stereocenters.